The van der Waals surface area contributed by atoms with Crippen LogP contribution in [-0.2, 0) is 19.5 Å². The number of amides is 1. The maximum Gasteiger partial charge on any atom is 0.253 e. The number of piperidine rings is 1. The molecule has 1 N–H and O–H groups in total. The maximum atomic E-state index is 13.0. The molecular formula is C22H35N3O5S. The van der Waals surface area contributed by atoms with E-state index in [4.69, 9.17) is 9.47 Å². The van der Waals surface area contributed by atoms with E-state index in [1.807, 2.05) is 4.90 Å². The fourth-order valence-corrected chi connectivity index (χ4v) is 5.52. The van der Waals surface area contributed by atoms with Crippen LogP contribution in [0.1, 0.15) is 37.0 Å². The van der Waals surface area contributed by atoms with Gasteiger partial charge in [-0.1, -0.05) is 6.07 Å². The van der Waals surface area contributed by atoms with Gasteiger partial charge in [0.2, 0.25) is 10.0 Å². The van der Waals surface area contributed by atoms with E-state index in [1.54, 1.807) is 12.1 Å². The summed E-state index contributed by atoms with van der Waals surface area (Å²) in [6.45, 7) is 9.06. The highest BCUT2D eigenvalue weighted by atomic mass is 32.2. The van der Waals surface area contributed by atoms with E-state index in [0.29, 0.717) is 24.6 Å². The van der Waals surface area contributed by atoms with E-state index >= 15 is 0 Å². The van der Waals surface area contributed by atoms with Gasteiger partial charge in [-0.25, -0.2) is 13.1 Å². The molecule has 0 aliphatic carbocycles. The molecule has 2 aliphatic rings. The Balaban J connectivity index is 1.55. The number of carbonyl (C=O) groups excluding carboxylic acids is 1. The van der Waals surface area contributed by atoms with Crippen molar-refractivity contribution in [2.75, 3.05) is 53.0 Å². The molecule has 1 aromatic rings. The Bertz CT molecular complexity index is 829. The van der Waals surface area contributed by atoms with Gasteiger partial charge in [0.05, 0.1) is 23.7 Å². The maximum absolute atomic E-state index is 13.0. The first-order chi connectivity index (χ1) is 14.8. The van der Waals surface area contributed by atoms with Crippen molar-refractivity contribution < 1.29 is 22.7 Å². The SMILES string of the molecule is COCCNS(=O)(=O)c1cccc(C(=O)N2CCC(CN3CC(C)OC(C)C3)CC2)c1. The molecule has 1 aromatic carbocycles. The fourth-order valence-electron chi connectivity index (χ4n) is 4.46. The number of hydrogen-bond acceptors (Lipinski definition) is 6. The third-order valence-corrected chi connectivity index (χ3v) is 7.36. The monoisotopic (exact) mass is 453 g/mol. The van der Waals surface area contributed by atoms with E-state index in [1.165, 1.54) is 19.2 Å². The minimum atomic E-state index is -3.67. The van der Waals surface area contributed by atoms with Crippen molar-refractivity contribution >= 4 is 15.9 Å². The smallest absolute Gasteiger partial charge is 0.253 e. The van der Waals surface area contributed by atoms with Crippen molar-refractivity contribution in [1.29, 1.82) is 0 Å². The molecular weight excluding hydrogens is 418 g/mol. The summed E-state index contributed by atoms with van der Waals surface area (Å²) in [4.78, 5) is 17.4. The first-order valence-electron chi connectivity index (χ1n) is 11.0. The molecule has 0 bridgehead atoms. The highest BCUT2D eigenvalue weighted by Crippen LogP contribution is 2.23. The van der Waals surface area contributed by atoms with Gasteiger partial charge in [-0.2, -0.15) is 0 Å². The Hall–Kier alpha value is -1.52. The second-order valence-corrected chi connectivity index (χ2v) is 10.4. The minimum Gasteiger partial charge on any atom is -0.383 e. The fraction of sp³-hybridized carbons (Fsp3) is 0.682. The zero-order valence-electron chi connectivity index (χ0n) is 18.7. The van der Waals surface area contributed by atoms with Crippen LogP contribution in [0, 0.1) is 5.92 Å². The zero-order valence-corrected chi connectivity index (χ0v) is 19.6. The van der Waals surface area contributed by atoms with E-state index < -0.39 is 10.0 Å². The van der Waals surface area contributed by atoms with Gasteiger partial charge in [-0.3, -0.25) is 9.69 Å². The van der Waals surface area contributed by atoms with Gasteiger partial charge in [0.15, 0.2) is 0 Å². The average molecular weight is 454 g/mol. The Morgan fingerprint density at radius 1 is 1.19 bits per heavy atom. The summed E-state index contributed by atoms with van der Waals surface area (Å²) < 4.78 is 38.0. The minimum absolute atomic E-state index is 0.0971. The highest BCUT2D eigenvalue weighted by molar-refractivity contribution is 7.89. The van der Waals surface area contributed by atoms with Crippen molar-refractivity contribution in [3.8, 4) is 0 Å². The molecule has 0 radical (unpaired) electrons. The van der Waals surface area contributed by atoms with Gasteiger partial charge < -0.3 is 14.4 Å². The predicted octanol–water partition coefficient (Wildman–Crippen LogP) is 1.57. The second kappa shape index (κ2) is 10.9. The molecule has 8 nitrogen and oxygen atoms in total. The number of morpholine rings is 1. The number of nitrogens with zero attached hydrogens (tertiary/aromatic N) is 2. The van der Waals surface area contributed by atoms with E-state index in [0.717, 1.165) is 32.5 Å². The molecule has 2 saturated heterocycles. The Labute approximate surface area is 185 Å². The Morgan fingerprint density at radius 2 is 1.87 bits per heavy atom. The molecule has 2 atom stereocenters. The number of carbonyl (C=O) groups is 1. The van der Waals surface area contributed by atoms with Gasteiger partial charge in [0.1, 0.15) is 0 Å². The standard InChI is InChI=1S/C22H35N3O5S/c1-17-14-24(15-18(2)30-17)16-19-7-10-25(11-8-19)22(26)20-5-4-6-21(13-20)31(27,28)23-9-12-29-3/h4-6,13,17-19,23H,7-12,14-16H2,1-3H3. The van der Waals surface area contributed by atoms with Gasteiger partial charge in [-0.15, -0.1) is 0 Å². The number of rotatable bonds is 8. The number of sulfonamides is 1. The first-order valence-corrected chi connectivity index (χ1v) is 12.5. The highest BCUT2D eigenvalue weighted by Gasteiger charge is 2.28. The summed E-state index contributed by atoms with van der Waals surface area (Å²) in [6.07, 6.45) is 2.45. The lowest BCUT2D eigenvalue weighted by atomic mass is 9.95. The molecule has 1 amide bonds. The Morgan fingerprint density at radius 3 is 2.52 bits per heavy atom. The lowest BCUT2D eigenvalue weighted by Crippen LogP contribution is -2.48. The summed E-state index contributed by atoms with van der Waals surface area (Å²) in [6, 6.07) is 6.26. The Kier molecular flexibility index (Phi) is 8.46. The molecule has 0 spiro atoms. The normalized spacial score (nSPS) is 23.8. The van der Waals surface area contributed by atoms with Crippen LogP contribution in [0.4, 0.5) is 0 Å². The number of hydrogen-bond donors (Lipinski definition) is 1. The van der Waals surface area contributed by atoms with Crippen LogP contribution in [0.2, 0.25) is 0 Å². The van der Waals surface area contributed by atoms with Crippen LogP contribution in [0.15, 0.2) is 29.2 Å². The largest absolute Gasteiger partial charge is 0.383 e. The van der Waals surface area contributed by atoms with Crippen molar-refractivity contribution in [1.82, 2.24) is 14.5 Å². The molecule has 9 heteroatoms. The third-order valence-electron chi connectivity index (χ3n) is 5.90. The van der Waals surface area contributed by atoms with Crippen molar-refractivity contribution in [2.24, 2.45) is 5.92 Å². The third kappa shape index (κ3) is 6.73. The van der Waals surface area contributed by atoms with Crippen molar-refractivity contribution in [3.63, 3.8) is 0 Å². The lowest BCUT2D eigenvalue weighted by Gasteiger charge is -2.39. The molecule has 3 rings (SSSR count). The van der Waals surface area contributed by atoms with Crippen molar-refractivity contribution in [2.45, 2.75) is 43.8 Å². The van der Waals surface area contributed by atoms with Crippen LogP contribution in [0.3, 0.4) is 0 Å². The molecule has 2 fully saturated rings. The number of methoxy groups -OCH3 is 1. The average Bonchev–Trinajstić information content (AvgIpc) is 2.73. The topological polar surface area (TPSA) is 88.2 Å². The summed E-state index contributed by atoms with van der Waals surface area (Å²) in [5.41, 5.74) is 0.406. The lowest BCUT2D eigenvalue weighted by molar-refractivity contribution is -0.0728. The van der Waals surface area contributed by atoms with Gasteiger partial charge in [-0.05, 0) is 50.8 Å². The van der Waals surface area contributed by atoms with Crippen LogP contribution in [0.5, 0.6) is 0 Å². The number of ether oxygens (including phenoxy) is 2. The predicted molar refractivity (Wildman–Crippen MR) is 119 cm³/mol. The molecule has 0 aromatic heterocycles. The van der Waals surface area contributed by atoms with Gasteiger partial charge >= 0.3 is 0 Å². The second-order valence-electron chi connectivity index (χ2n) is 8.63. The molecule has 31 heavy (non-hydrogen) atoms. The van der Waals surface area contributed by atoms with Crippen molar-refractivity contribution in [3.05, 3.63) is 29.8 Å². The van der Waals surface area contributed by atoms with Crippen LogP contribution < -0.4 is 4.72 Å². The first kappa shape index (κ1) is 24.1. The van der Waals surface area contributed by atoms with E-state index in [2.05, 4.69) is 23.5 Å². The van der Waals surface area contributed by atoms with E-state index in [9.17, 15) is 13.2 Å². The van der Waals surface area contributed by atoms with Crippen LogP contribution in [0.25, 0.3) is 0 Å². The van der Waals surface area contributed by atoms with E-state index in [-0.39, 0.29) is 36.2 Å². The van der Waals surface area contributed by atoms with Crippen LogP contribution >= 0.6 is 0 Å². The molecule has 2 heterocycles. The number of likely N-dealkylation sites (tertiary alicyclic amines) is 1. The number of benzene rings is 1. The molecule has 0 saturated carbocycles. The summed E-state index contributed by atoms with van der Waals surface area (Å²) in [5.74, 6) is 0.458. The summed E-state index contributed by atoms with van der Waals surface area (Å²) in [5, 5.41) is 0. The quantitative estimate of drug-likeness (QED) is 0.601. The van der Waals surface area contributed by atoms with Gasteiger partial charge in [0, 0.05) is 51.9 Å². The van der Waals surface area contributed by atoms with Crippen LogP contribution in [-0.4, -0.2) is 89.3 Å². The molecule has 174 valence electrons. The molecule has 2 unspecified atom stereocenters. The zero-order chi connectivity index (χ0) is 22.4. The van der Waals surface area contributed by atoms with Gasteiger partial charge in [0.25, 0.3) is 5.91 Å². The summed E-state index contributed by atoms with van der Waals surface area (Å²) >= 11 is 0. The number of nitrogens with one attached hydrogen (secondary N) is 1. The molecule has 2 aliphatic heterocycles. The summed E-state index contributed by atoms with van der Waals surface area (Å²) in [7, 11) is -2.16.